The number of carbonyl (C=O) groups is 1. The third kappa shape index (κ3) is 3.18. The van der Waals surface area contributed by atoms with Crippen molar-refractivity contribution >= 4 is 5.91 Å². The summed E-state index contributed by atoms with van der Waals surface area (Å²) in [7, 11) is 0. The highest BCUT2D eigenvalue weighted by atomic mass is 19.2. The predicted octanol–water partition coefficient (Wildman–Crippen LogP) is 1.72. The van der Waals surface area contributed by atoms with Crippen molar-refractivity contribution in [3.05, 3.63) is 52.9 Å². The second-order valence-electron chi connectivity index (χ2n) is 4.22. The van der Waals surface area contributed by atoms with Crippen LogP contribution in [0.3, 0.4) is 0 Å². The highest BCUT2D eigenvalue weighted by molar-refractivity contribution is 5.92. The molecule has 0 radical (unpaired) electrons. The molecule has 0 fully saturated rings. The maximum Gasteiger partial charge on any atom is 0.273 e. The van der Waals surface area contributed by atoms with Gasteiger partial charge in [0.2, 0.25) is 0 Å². The first-order chi connectivity index (χ1) is 9.47. The Bertz CT molecular complexity index is 628. The predicted molar refractivity (Wildman–Crippen MR) is 64.9 cm³/mol. The van der Waals surface area contributed by atoms with E-state index in [-0.39, 0.29) is 17.8 Å². The van der Waals surface area contributed by atoms with Gasteiger partial charge in [0, 0.05) is 12.6 Å². The van der Waals surface area contributed by atoms with Crippen LogP contribution in [0.15, 0.2) is 28.8 Å². The van der Waals surface area contributed by atoms with Gasteiger partial charge in [-0.05, 0) is 24.6 Å². The Labute approximate surface area is 113 Å². The molecule has 7 heteroatoms. The van der Waals surface area contributed by atoms with E-state index < -0.39 is 23.6 Å². The van der Waals surface area contributed by atoms with E-state index >= 15 is 0 Å². The maximum absolute atomic E-state index is 13.0. The summed E-state index contributed by atoms with van der Waals surface area (Å²) in [6.07, 6.45) is -1.15. The fourth-order valence-electron chi connectivity index (χ4n) is 1.59. The van der Waals surface area contributed by atoms with E-state index in [1.54, 1.807) is 6.92 Å². The van der Waals surface area contributed by atoms with Crippen LogP contribution in [0.4, 0.5) is 8.78 Å². The molecule has 1 aromatic heterocycles. The standard InChI is InChI=1S/C13H12F2N2O3/c1-7-4-11(17-20-7)13(19)16-6-12(18)8-2-3-9(14)10(15)5-8/h2-5,12,18H,6H2,1H3,(H,16,19). The SMILES string of the molecule is Cc1cc(C(=O)NCC(O)c2ccc(F)c(F)c2)no1. The van der Waals surface area contributed by atoms with Gasteiger partial charge in [-0.25, -0.2) is 8.78 Å². The van der Waals surface area contributed by atoms with Gasteiger partial charge in [0.25, 0.3) is 5.91 Å². The van der Waals surface area contributed by atoms with Gasteiger partial charge < -0.3 is 14.9 Å². The molecule has 0 aliphatic carbocycles. The molecule has 0 aliphatic heterocycles. The summed E-state index contributed by atoms with van der Waals surface area (Å²) in [6, 6.07) is 4.48. The molecule has 1 aromatic carbocycles. The van der Waals surface area contributed by atoms with Crippen LogP contribution in [0.2, 0.25) is 0 Å². The second kappa shape index (κ2) is 5.79. The molecule has 0 saturated heterocycles. The number of aliphatic hydroxyl groups excluding tert-OH is 1. The van der Waals surface area contributed by atoms with E-state index in [4.69, 9.17) is 4.52 Å². The van der Waals surface area contributed by atoms with Crippen LogP contribution < -0.4 is 5.32 Å². The van der Waals surface area contributed by atoms with E-state index in [1.165, 1.54) is 12.1 Å². The first-order valence-electron chi connectivity index (χ1n) is 5.82. The summed E-state index contributed by atoms with van der Waals surface area (Å²) in [6.45, 7) is 1.48. The van der Waals surface area contributed by atoms with Crippen molar-refractivity contribution in [1.82, 2.24) is 10.5 Å². The van der Waals surface area contributed by atoms with Gasteiger partial charge in [0.05, 0.1) is 6.10 Å². The van der Waals surface area contributed by atoms with Crippen LogP contribution in [0.5, 0.6) is 0 Å². The molecule has 106 valence electrons. The number of hydrogen-bond acceptors (Lipinski definition) is 4. The lowest BCUT2D eigenvalue weighted by Gasteiger charge is -2.11. The third-order valence-corrected chi connectivity index (χ3v) is 2.65. The number of nitrogens with zero attached hydrogens (tertiary/aromatic N) is 1. The molecule has 2 rings (SSSR count). The number of halogens is 2. The molecule has 0 bridgehead atoms. The average Bonchev–Trinajstić information content (AvgIpc) is 2.85. The van der Waals surface area contributed by atoms with Crippen LogP contribution in [0.25, 0.3) is 0 Å². The Hall–Kier alpha value is -2.28. The molecule has 0 spiro atoms. The lowest BCUT2D eigenvalue weighted by Crippen LogP contribution is -2.28. The number of hydrogen-bond donors (Lipinski definition) is 2. The minimum absolute atomic E-state index is 0.0833. The normalized spacial score (nSPS) is 12.2. The molecular formula is C13H12F2N2O3. The van der Waals surface area contributed by atoms with Crippen LogP contribution in [0, 0.1) is 18.6 Å². The van der Waals surface area contributed by atoms with E-state index in [9.17, 15) is 18.7 Å². The molecular weight excluding hydrogens is 270 g/mol. The third-order valence-electron chi connectivity index (χ3n) is 2.65. The summed E-state index contributed by atoms with van der Waals surface area (Å²) < 4.78 is 30.5. The van der Waals surface area contributed by atoms with Crippen molar-refractivity contribution in [1.29, 1.82) is 0 Å². The summed E-state index contributed by atoms with van der Waals surface area (Å²) in [5.41, 5.74) is 0.250. The van der Waals surface area contributed by atoms with Crippen molar-refractivity contribution in [2.75, 3.05) is 6.54 Å². The number of rotatable bonds is 4. The fourth-order valence-corrected chi connectivity index (χ4v) is 1.59. The largest absolute Gasteiger partial charge is 0.387 e. The molecule has 2 aromatic rings. The minimum atomic E-state index is -1.15. The summed E-state index contributed by atoms with van der Waals surface area (Å²) in [5, 5.41) is 15.7. The molecule has 5 nitrogen and oxygen atoms in total. The smallest absolute Gasteiger partial charge is 0.273 e. The summed E-state index contributed by atoms with van der Waals surface area (Å²) in [5.74, 6) is -2.09. The van der Waals surface area contributed by atoms with Gasteiger partial charge in [-0.2, -0.15) is 0 Å². The number of benzene rings is 1. The van der Waals surface area contributed by atoms with Crippen LogP contribution in [-0.2, 0) is 0 Å². The highest BCUT2D eigenvalue weighted by Gasteiger charge is 2.15. The first kappa shape index (κ1) is 14.1. The number of amides is 1. The summed E-state index contributed by atoms with van der Waals surface area (Å²) in [4.78, 5) is 11.6. The Morgan fingerprint density at radius 2 is 2.15 bits per heavy atom. The fraction of sp³-hybridized carbons (Fsp3) is 0.231. The molecule has 1 heterocycles. The minimum Gasteiger partial charge on any atom is -0.387 e. The van der Waals surface area contributed by atoms with Crippen LogP contribution >= 0.6 is 0 Å². The maximum atomic E-state index is 13.0. The number of nitrogens with one attached hydrogen (secondary N) is 1. The monoisotopic (exact) mass is 282 g/mol. The quantitative estimate of drug-likeness (QED) is 0.895. The Kier molecular flexibility index (Phi) is 4.09. The van der Waals surface area contributed by atoms with E-state index in [1.807, 2.05) is 0 Å². The van der Waals surface area contributed by atoms with Gasteiger partial charge >= 0.3 is 0 Å². The Balaban J connectivity index is 1.96. The zero-order valence-electron chi connectivity index (χ0n) is 10.6. The van der Waals surface area contributed by atoms with Gasteiger partial charge in [0.1, 0.15) is 5.76 Å². The molecule has 1 atom stereocenters. The highest BCUT2D eigenvalue weighted by Crippen LogP contribution is 2.15. The first-order valence-corrected chi connectivity index (χ1v) is 5.82. The zero-order chi connectivity index (χ0) is 14.7. The Morgan fingerprint density at radius 3 is 2.75 bits per heavy atom. The van der Waals surface area contributed by atoms with E-state index in [2.05, 4.69) is 10.5 Å². The van der Waals surface area contributed by atoms with E-state index in [0.717, 1.165) is 12.1 Å². The lowest BCUT2D eigenvalue weighted by atomic mass is 10.1. The number of aryl methyl sites for hydroxylation is 1. The molecule has 1 amide bonds. The van der Waals surface area contributed by atoms with Gasteiger partial charge in [-0.3, -0.25) is 4.79 Å². The lowest BCUT2D eigenvalue weighted by molar-refractivity contribution is 0.0907. The van der Waals surface area contributed by atoms with Crippen molar-refractivity contribution in [2.24, 2.45) is 0 Å². The van der Waals surface area contributed by atoms with E-state index in [0.29, 0.717) is 5.76 Å². The van der Waals surface area contributed by atoms with Crippen molar-refractivity contribution in [3.63, 3.8) is 0 Å². The molecule has 20 heavy (non-hydrogen) atoms. The Morgan fingerprint density at radius 1 is 1.40 bits per heavy atom. The number of carbonyl (C=O) groups excluding carboxylic acids is 1. The summed E-state index contributed by atoms with van der Waals surface area (Å²) >= 11 is 0. The van der Waals surface area contributed by atoms with Crippen LogP contribution in [-0.4, -0.2) is 22.7 Å². The number of aliphatic hydroxyl groups is 1. The van der Waals surface area contributed by atoms with Gasteiger partial charge in [-0.15, -0.1) is 0 Å². The molecule has 2 N–H and O–H groups in total. The molecule has 0 aliphatic rings. The van der Waals surface area contributed by atoms with Crippen molar-refractivity contribution in [3.8, 4) is 0 Å². The number of aromatic nitrogens is 1. The van der Waals surface area contributed by atoms with Crippen molar-refractivity contribution in [2.45, 2.75) is 13.0 Å². The van der Waals surface area contributed by atoms with Gasteiger partial charge in [0.15, 0.2) is 17.3 Å². The van der Waals surface area contributed by atoms with Gasteiger partial charge in [-0.1, -0.05) is 11.2 Å². The topological polar surface area (TPSA) is 75.4 Å². The van der Waals surface area contributed by atoms with Crippen molar-refractivity contribution < 1.29 is 23.2 Å². The van der Waals surface area contributed by atoms with Crippen LogP contribution in [0.1, 0.15) is 27.9 Å². The average molecular weight is 282 g/mol. The molecule has 0 saturated carbocycles. The zero-order valence-corrected chi connectivity index (χ0v) is 10.6. The molecule has 1 unspecified atom stereocenters. The second-order valence-corrected chi connectivity index (χ2v) is 4.22.